The molecule has 116 valence electrons. The molecule has 8 heteroatoms. The van der Waals surface area contributed by atoms with Gasteiger partial charge in [0, 0.05) is 17.7 Å². The molecule has 1 aliphatic rings. The van der Waals surface area contributed by atoms with Gasteiger partial charge in [-0.25, -0.2) is 4.79 Å². The first-order chi connectivity index (χ1) is 10.7. The van der Waals surface area contributed by atoms with E-state index in [1.165, 1.54) is 11.3 Å². The molecule has 2 heterocycles. The summed E-state index contributed by atoms with van der Waals surface area (Å²) in [6, 6.07) is 7.73. The van der Waals surface area contributed by atoms with Gasteiger partial charge in [0.2, 0.25) is 5.13 Å². The molecular weight excluding hydrogens is 368 g/mol. The molecule has 6 nitrogen and oxygen atoms in total. The van der Waals surface area contributed by atoms with Gasteiger partial charge < -0.3 is 10.1 Å². The first-order valence-corrected chi connectivity index (χ1v) is 8.54. The van der Waals surface area contributed by atoms with Gasteiger partial charge in [-0.1, -0.05) is 39.4 Å². The molecular formula is C14H15BrN4O2S. The van der Waals surface area contributed by atoms with Crippen LogP contribution in [0.25, 0.3) is 0 Å². The molecule has 0 unspecified atom stereocenters. The van der Waals surface area contributed by atoms with Gasteiger partial charge in [0.25, 0.3) is 0 Å². The Kier molecular flexibility index (Phi) is 4.70. The largest absolute Gasteiger partial charge is 0.381 e. The van der Waals surface area contributed by atoms with E-state index in [0.29, 0.717) is 18.3 Å². The summed E-state index contributed by atoms with van der Waals surface area (Å²) >= 11 is 4.78. The van der Waals surface area contributed by atoms with Crippen molar-refractivity contribution in [3.05, 3.63) is 39.8 Å². The van der Waals surface area contributed by atoms with Gasteiger partial charge in [0.1, 0.15) is 5.51 Å². The van der Waals surface area contributed by atoms with Crippen LogP contribution < -0.4 is 10.6 Å². The van der Waals surface area contributed by atoms with Gasteiger partial charge in [0.15, 0.2) is 0 Å². The number of halogens is 1. The van der Waals surface area contributed by atoms with Crippen LogP contribution in [0, 0.1) is 0 Å². The highest BCUT2D eigenvalue weighted by atomic mass is 79.9. The number of urea groups is 1. The molecule has 0 atom stereocenters. The number of carbonyl (C=O) groups excluding carboxylic acids is 1. The lowest BCUT2D eigenvalue weighted by molar-refractivity contribution is 0.0418. The smallest absolute Gasteiger partial charge is 0.321 e. The lowest BCUT2D eigenvalue weighted by Gasteiger charge is -2.38. The molecule has 0 radical (unpaired) electrons. The summed E-state index contributed by atoms with van der Waals surface area (Å²) in [7, 11) is 0. The lowest BCUT2D eigenvalue weighted by atomic mass is 9.83. The highest BCUT2D eigenvalue weighted by Crippen LogP contribution is 2.33. The fourth-order valence-electron chi connectivity index (χ4n) is 2.57. The van der Waals surface area contributed by atoms with E-state index in [9.17, 15) is 4.79 Å². The second-order valence-corrected chi connectivity index (χ2v) is 6.78. The minimum Gasteiger partial charge on any atom is -0.381 e. The maximum atomic E-state index is 12.3. The van der Waals surface area contributed by atoms with Crippen LogP contribution in [0.15, 0.2) is 34.2 Å². The second-order valence-electron chi connectivity index (χ2n) is 5.03. The van der Waals surface area contributed by atoms with Crippen molar-refractivity contribution in [1.29, 1.82) is 0 Å². The number of rotatable bonds is 3. The summed E-state index contributed by atoms with van der Waals surface area (Å²) in [4.78, 5) is 12.3. The van der Waals surface area contributed by atoms with Gasteiger partial charge >= 0.3 is 6.03 Å². The zero-order chi connectivity index (χ0) is 15.4. The number of ether oxygens (including phenoxy) is 1. The van der Waals surface area contributed by atoms with Crippen molar-refractivity contribution in [3.8, 4) is 0 Å². The van der Waals surface area contributed by atoms with Crippen LogP contribution in [0.2, 0.25) is 0 Å². The zero-order valence-corrected chi connectivity index (χ0v) is 14.1. The molecule has 1 saturated heterocycles. The maximum Gasteiger partial charge on any atom is 0.321 e. The van der Waals surface area contributed by atoms with Crippen molar-refractivity contribution < 1.29 is 9.53 Å². The van der Waals surface area contributed by atoms with Crippen molar-refractivity contribution in [1.82, 2.24) is 15.5 Å². The van der Waals surface area contributed by atoms with Gasteiger partial charge in [-0.15, -0.1) is 10.2 Å². The highest BCUT2D eigenvalue weighted by Gasteiger charge is 2.36. The molecule has 1 aliphatic heterocycles. The first kappa shape index (κ1) is 15.4. The molecule has 3 rings (SSSR count). The van der Waals surface area contributed by atoms with E-state index < -0.39 is 5.54 Å². The summed E-state index contributed by atoms with van der Waals surface area (Å²) in [5.41, 5.74) is 2.21. The van der Waals surface area contributed by atoms with Crippen molar-refractivity contribution in [3.63, 3.8) is 0 Å². The van der Waals surface area contributed by atoms with Gasteiger partial charge in [-0.05, 0) is 30.5 Å². The molecule has 0 aliphatic carbocycles. The SMILES string of the molecule is O=C(Nc1nncs1)NC1(c2cccc(Br)c2)CCOCC1. The fraction of sp³-hybridized carbons (Fsp3) is 0.357. The van der Waals surface area contributed by atoms with Gasteiger partial charge in [-0.3, -0.25) is 5.32 Å². The number of amides is 2. The Morgan fingerprint density at radius 3 is 2.86 bits per heavy atom. The summed E-state index contributed by atoms with van der Waals surface area (Å²) in [6.07, 6.45) is 1.46. The molecule has 0 saturated carbocycles. The van der Waals surface area contributed by atoms with Crippen LogP contribution in [0.3, 0.4) is 0 Å². The third-order valence-corrected chi connectivity index (χ3v) is 4.76. The fourth-order valence-corrected chi connectivity index (χ4v) is 3.40. The standard InChI is InChI=1S/C14H15BrN4O2S/c15-11-3-1-2-10(8-11)14(4-6-21-7-5-14)18-12(20)17-13-19-16-9-22-13/h1-3,8-9H,4-7H2,(H2,17,18,19,20). The number of hydrogen-bond donors (Lipinski definition) is 2. The summed E-state index contributed by atoms with van der Waals surface area (Å²) in [5.74, 6) is 0. The normalized spacial score (nSPS) is 17.0. The predicted molar refractivity (Wildman–Crippen MR) is 87.9 cm³/mol. The Balaban J connectivity index is 1.81. The van der Waals surface area contributed by atoms with Crippen LogP contribution in [0.1, 0.15) is 18.4 Å². The van der Waals surface area contributed by atoms with E-state index in [1.54, 1.807) is 5.51 Å². The minimum absolute atomic E-state index is 0.279. The number of carbonyl (C=O) groups is 1. The molecule has 1 aromatic carbocycles. The number of aromatic nitrogens is 2. The van der Waals surface area contributed by atoms with Crippen LogP contribution in [0.5, 0.6) is 0 Å². The Hall–Kier alpha value is -1.51. The Bertz CT molecular complexity index is 644. The zero-order valence-electron chi connectivity index (χ0n) is 11.7. The second kappa shape index (κ2) is 6.72. The Morgan fingerprint density at radius 2 is 2.18 bits per heavy atom. The third-order valence-electron chi connectivity index (χ3n) is 3.66. The van der Waals surface area contributed by atoms with E-state index in [-0.39, 0.29) is 6.03 Å². The summed E-state index contributed by atoms with van der Waals surface area (Å²) in [6.45, 7) is 1.23. The number of hydrogen-bond acceptors (Lipinski definition) is 5. The molecule has 0 spiro atoms. The topological polar surface area (TPSA) is 76.1 Å². The Labute approximate surface area is 140 Å². The van der Waals surface area contributed by atoms with Gasteiger partial charge in [-0.2, -0.15) is 0 Å². The van der Waals surface area contributed by atoms with Crippen molar-refractivity contribution in [2.45, 2.75) is 18.4 Å². The number of nitrogens with zero attached hydrogens (tertiary/aromatic N) is 2. The average molecular weight is 383 g/mol. The number of anilines is 1. The Morgan fingerprint density at radius 1 is 1.36 bits per heavy atom. The van der Waals surface area contributed by atoms with Crippen molar-refractivity contribution >= 4 is 38.4 Å². The van der Waals surface area contributed by atoms with E-state index in [2.05, 4.69) is 36.8 Å². The molecule has 2 N–H and O–H groups in total. The van der Waals surface area contributed by atoms with Crippen LogP contribution in [-0.4, -0.2) is 29.4 Å². The maximum absolute atomic E-state index is 12.3. The molecule has 22 heavy (non-hydrogen) atoms. The van der Waals surface area contributed by atoms with Crippen LogP contribution in [-0.2, 0) is 10.3 Å². The monoisotopic (exact) mass is 382 g/mol. The van der Waals surface area contributed by atoms with E-state index in [4.69, 9.17) is 4.74 Å². The molecule has 2 amide bonds. The third kappa shape index (κ3) is 3.45. The van der Waals surface area contributed by atoms with E-state index in [0.717, 1.165) is 22.9 Å². The summed E-state index contributed by atoms with van der Waals surface area (Å²) < 4.78 is 6.45. The van der Waals surface area contributed by atoms with Crippen molar-refractivity contribution in [2.75, 3.05) is 18.5 Å². The average Bonchev–Trinajstić information content (AvgIpc) is 3.01. The van der Waals surface area contributed by atoms with Crippen LogP contribution in [0.4, 0.5) is 9.93 Å². The number of nitrogens with one attached hydrogen (secondary N) is 2. The molecule has 2 aromatic rings. The molecule has 0 bridgehead atoms. The number of benzene rings is 1. The summed E-state index contributed by atoms with van der Waals surface area (Å²) in [5, 5.41) is 13.8. The van der Waals surface area contributed by atoms with Gasteiger partial charge in [0.05, 0.1) is 5.54 Å². The van der Waals surface area contributed by atoms with E-state index >= 15 is 0 Å². The minimum atomic E-state index is -0.434. The van der Waals surface area contributed by atoms with E-state index in [1.807, 2.05) is 24.3 Å². The lowest BCUT2D eigenvalue weighted by Crippen LogP contribution is -2.50. The molecule has 1 fully saturated rings. The first-order valence-electron chi connectivity index (χ1n) is 6.87. The predicted octanol–water partition coefficient (Wildman–Crippen LogP) is 3.13. The van der Waals surface area contributed by atoms with Crippen molar-refractivity contribution in [2.24, 2.45) is 0 Å². The van der Waals surface area contributed by atoms with Crippen LogP contribution >= 0.6 is 27.3 Å². The molecule has 1 aromatic heterocycles. The quantitative estimate of drug-likeness (QED) is 0.854. The highest BCUT2D eigenvalue weighted by molar-refractivity contribution is 9.10.